The second kappa shape index (κ2) is 6.36. The summed E-state index contributed by atoms with van der Waals surface area (Å²) in [6, 6.07) is -0.00238. The molecule has 0 radical (unpaired) electrons. The molecule has 0 aromatic carbocycles. The standard InChI is InChI=1S/C13H19N3O3/c1-2-19-12-9-14-8-11(15-12)16-6-4-3-5-10(16)7-13(17)18/h8-10H,2-7H2,1H3,(H,17,18). The van der Waals surface area contributed by atoms with E-state index in [1.807, 2.05) is 11.8 Å². The van der Waals surface area contributed by atoms with Crippen LogP contribution in [0.3, 0.4) is 0 Å². The molecule has 0 spiro atoms. The number of carboxylic acid groups (broad SMARTS) is 1. The summed E-state index contributed by atoms with van der Waals surface area (Å²) >= 11 is 0. The van der Waals surface area contributed by atoms with Crippen molar-refractivity contribution in [3.05, 3.63) is 12.4 Å². The highest BCUT2D eigenvalue weighted by Gasteiger charge is 2.26. The van der Waals surface area contributed by atoms with Crippen LogP contribution < -0.4 is 9.64 Å². The van der Waals surface area contributed by atoms with E-state index in [0.29, 0.717) is 18.3 Å². The van der Waals surface area contributed by atoms with Gasteiger partial charge in [-0.15, -0.1) is 0 Å². The zero-order valence-electron chi connectivity index (χ0n) is 11.1. The number of nitrogens with zero attached hydrogens (tertiary/aromatic N) is 3. The molecule has 19 heavy (non-hydrogen) atoms. The Morgan fingerprint density at radius 2 is 2.37 bits per heavy atom. The maximum atomic E-state index is 10.9. The topological polar surface area (TPSA) is 75.5 Å². The molecule has 2 rings (SSSR count). The van der Waals surface area contributed by atoms with Gasteiger partial charge >= 0.3 is 5.97 Å². The van der Waals surface area contributed by atoms with E-state index in [1.54, 1.807) is 12.4 Å². The molecule has 6 heteroatoms. The fourth-order valence-corrected chi connectivity index (χ4v) is 2.41. The number of aliphatic carboxylic acids is 1. The second-order valence-corrected chi connectivity index (χ2v) is 4.59. The number of rotatable bonds is 5. The highest BCUT2D eigenvalue weighted by atomic mass is 16.5. The van der Waals surface area contributed by atoms with Crippen molar-refractivity contribution in [1.29, 1.82) is 0 Å². The summed E-state index contributed by atoms with van der Waals surface area (Å²) in [5.41, 5.74) is 0. The van der Waals surface area contributed by atoms with Crippen LogP contribution in [-0.4, -0.2) is 40.2 Å². The molecule has 0 amide bonds. The minimum Gasteiger partial charge on any atom is -0.481 e. The molecule has 1 atom stereocenters. The number of carboxylic acids is 1. The minimum atomic E-state index is -0.772. The third kappa shape index (κ3) is 3.56. The molecule has 6 nitrogen and oxygen atoms in total. The Kier molecular flexibility index (Phi) is 4.54. The highest BCUT2D eigenvalue weighted by Crippen LogP contribution is 2.25. The predicted molar refractivity (Wildman–Crippen MR) is 70.4 cm³/mol. The van der Waals surface area contributed by atoms with E-state index in [2.05, 4.69) is 9.97 Å². The Morgan fingerprint density at radius 3 is 3.11 bits per heavy atom. The first-order chi connectivity index (χ1) is 9.20. The highest BCUT2D eigenvalue weighted by molar-refractivity contribution is 5.68. The predicted octanol–water partition coefficient (Wildman–Crippen LogP) is 1.71. The molecule has 1 saturated heterocycles. The number of piperidine rings is 1. The van der Waals surface area contributed by atoms with Crippen LogP contribution in [0.25, 0.3) is 0 Å². The molecule has 104 valence electrons. The molecular formula is C13H19N3O3. The molecule has 1 N–H and O–H groups in total. The van der Waals surface area contributed by atoms with Crippen molar-refractivity contribution < 1.29 is 14.6 Å². The van der Waals surface area contributed by atoms with E-state index in [4.69, 9.17) is 9.84 Å². The molecule has 0 aliphatic carbocycles. The molecular weight excluding hydrogens is 246 g/mol. The van der Waals surface area contributed by atoms with Crippen LogP contribution in [0.5, 0.6) is 5.88 Å². The van der Waals surface area contributed by atoms with Gasteiger partial charge in [0, 0.05) is 12.6 Å². The van der Waals surface area contributed by atoms with E-state index in [0.717, 1.165) is 25.8 Å². The van der Waals surface area contributed by atoms with Crippen LogP contribution in [0.1, 0.15) is 32.6 Å². The summed E-state index contributed by atoms with van der Waals surface area (Å²) in [7, 11) is 0. The SMILES string of the molecule is CCOc1cncc(N2CCCCC2CC(=O)O)n1. The van der Waals surface area contributed by atoms with E-state index in [9.17, 15) is 4.79 Å². The fraction of sp³-hybridized carbons (Fsp3) is 0.615. The molecule has 2 heterocycles. The third-order valence-electron chi connectivity index (χ3n) is 3.22. The van der Waals surface area contributed by atoms with Crippen molar-refractivity contribution in [2.45, 2.75) is 38.6 Å². The maximum absolute atomic E-state index is 10.9. The molecule has 1 aliphatic rings. The average Bonchev–Trinajstić information content (AvgIpc) is 2.39. The van der Waals surface area contributed by atoms with Gasteiger partial charge in [-0.25, -0.2) is 0 Å². The van der Waals surface area contributed by atoms with E-state index < -0.39 is 5.97 Å². The zero-order chi connectivity index (χ0) is 13.7. The van der Waals surface area contributed by atoms with Gasteiger partial charge in [-0.05, 0) is 26.2 Å². The first-order valence-corrected chi connectivity index (χ1v) is 6.64. The van der Waals surface area contributed by atoms with Gasteiger partial charge in [0.25, 0.3) is 0 Å². The van der Waals surface area contributed by atoms with Crippen molar-refractivity contribution in [2.75, 3.05) is 18.1 Å². The van der Waals surface area contributed by atoms with Gasteiger partial charge < -0.3 is 14.7 Å². The Bertz CT molecular complexity index is 439. The quantitative estimate of drug-likeness (QED) is 0.873. The monoisotopic (exact) mass is 265 g/mol. The van der Waals surface area contributed by atoms with E-state index >= 15 is 0 Å². The minimum absolute atomic E-state index is 0.00238. The Hall–Kier alpha value is -1.85. The first-order valence-electron chi connectivity index (χ1n) is 6.64. The molecule has 0 bridgehead atoms. The van der Waals surface area contributed by atoms with Crippen LogP contribution in [0, 0.1) is 0 Å². The van der Waals surface area contributed by atoms with Crippen LogP contribution in [0.2, 0.25) is 0 Å². The fourth-order valence-electron chi connectivity index (χ4n) is 2.41. The third-order valence-corrected chi connectivity index (χ3v) is 3.22. The van der Waals surface area contributed by atoms with Crippen molar-refractivity contribution in [3.8, 4) is 5.88 Å². The number of hydrogen-bond donors (Lipinski definition) is 1. The number of ether oxygens (including phenoxy) is 1. The van der Waals surface area contributed by atoms with Crippen LogP contribution >= 0.6 is 0 Å². The maximum Gasteiger partial charge on any atom is 0.305 e. The van der Waals surface area contributed by atoms with E-state index in [-0.39, 0.29) is 12.5 Å². The van der Waals surface area contributed by atoms with Gasteiger partial charge in [0.1, 0.15) is 0 Å². The van der Waals surface area contributed by atoms with Gasteiger partial charge in [0.2, 0.25) is 5.88 Å². The van der Waals surface area contributed by atoms with Gasteiger partial charge in [-0.2, -0.15) is 4.98 Å². The summed E-state index contributed by atoms with van der Waals surface area (Å²) in [5, 5.41) is 8.98. The lowest BCUT2D eigenvalue weighted by atomic mass is 9.99. The summed E-state index contributed by atoms with van der Waals surface area (Å²) < 4.78 is 5.34. The smallest absolute Gasteiger partial charge is 0.305 e. The van der Waals surface area contributed by atoms with Gasteiger partial charge in [0.05, 0.1) is 25.4 Å². The lowest BCUT2D eigenvalue weighted by Crippen LogP contribution is -2.41. The number of hydrogen-bond acceptors (Lipinski definition) is 5. The molecule has 1 fully saturated rings. The Balaban J connectivity index is 2.16. The normalized spacial score (nSPS) is 19.2. The number of carbonyl (C=O) groups is 1. The summed E-state index contributed by atoms with van der Waals surface area (Å²) in [4.78, 5) is 21.5. The van der Waals surface area contributed by atoms with Crippen LogP contribution in [-0.2, 0) is 4.79 Å². The summed E-state index contributed by atoms with van der Waals surface area (Å²) in [5.74, 6) is 0.419. The Labute approximate surface area is 112 Å². The summed E-state index contributed by atoms with van der Waals surface area (Å²) in [6.07, 6.45) is 6.38. The van der Waals surface area contributed by atoms with Crippen molar-refractivity contribution in [2.24, 2.45) is 0 Å². The molecule has 0 saturated carbocycles. The largest absolute Gasteiger partial charge is 0.481 e. The van der Waals surface area contributed by atoms with Crippen molar-refractivity contribution >= 4 is 11.8 Å². The second-order valence-electron chi connectivity index (χ2n) is 4.59. The van der Waals surface area contributed by atoms with Crippen molar-refractivity contribution in [1.82, 2.24) is 9.97 Å². The molecule has 1 aliphatic heterocycles. The van der Waals surface area contributed by atoms with Gasteiger partial charge in [-0.1, -0.05) is 0 Å². The zero-order valence-corrected chi connectivity index (χ0v) is 11.1. The lowest BCUT2D eigenvalue weighted by molar-refractivity contribution is -0.137. The molecule has 1 aromatic rings. The van der Waals surface area contributed by atoms with Crippen LogP contribution in [0.4, 0.5) is 5.82 Å². The lowest BCUT2D eigenvalue weighted by Gasteiger charge is -2.35. The summed E-state index contributed by atoms with van der Waals surface area (Å²) in [6.45, 7) is 3.25. The van der Waals surface area contributed by atoms with Gasteiger partial charge in [0.15, 0.2) is 5.82 Å². The number of anilines is 1. The van der Waals surface area contributed by atoms with Crippen LogP contribution in [0.15, 0.2) is 12.4 Å². The average molecular weight is 265 g/mol. The Morgan fingerprint density at radius 1 is 1.53 bits per heavy atom. The van der Waals surface area contributed by atoms with Gasteiger partial charge in [-0.3, -0.25) is 9.78 Å². The number of aromatic nitrogens is 2. The van der Waals surface area contributed by atoms with Crippen molar-refractivity contribution in [3.63, 3.8) is 0 Å². The van der Waals surface area contributed by atoms with E-state index in [1.165, 1.54) is 0 Å². The molecule has 1 aromatic heterocycles. The molecule has 1 unspecified atom stereocenters. The first kappa shape index (κ1) is 13.6.